The minimum Gasteiger partial charge on any atom is -0.464 e. The molecule has 0 aliphatic heterocycles. The summed E-state index contributed by atoms with van der Waals surface area (Å²) in [7, 11) is 0. The maximum Gasteiger partial charge on any atom is 0.407 e. The molecule has 0 aliphatic rings. The minimum atomic E-state index is -0.526. The van der Waals surface area contributed by atoms with Crippen molar-refractivity contribution < 1.29 is 19.1 Å². The van der Waals surface area contributed by atoms with Gasteiger partial charge >= 0.3 is 12.1 Å². The molecule has 3 N–H and O–H groups in total. The van der Waals surface area contributed by atoms with Crippen molar-refractivity contribution in [1.29, 1.82) is 0 Å². The molecule has 1 rings (SSSR count). The highest BCUT2D eigenvalue weighted by molar-refractivity contribution is 7.80. The summed E-state index contributed by atoms with van der Waals surface area (Å²) >= 11 is 5.28. The lowest BCUT2D eigenvalue weighted by atomic mass is 10.1. The summed E-state index contributed by atoms with van der Waals surface area (Å²) < 4.78 is 10.3. The Bertz CT molecular complexity index is 647. The van der Waals surface area contributed by atoms with E-state index >= 15 is 0 Å². The number of alkyl carbamates (subject to hydrolysis) is 1. The normalized spacial score (nSPS) is 11.9. The second kappa shape index (κ2) is 13.0. The summed E-state index contributed by atoms with van der Waals surface area (Å²) in [6.07, 6.45) is 1.51. The molecule has 0 radical (unpaired) electrons. The predicted molar refractivity (Wildman–Crippen MR) is 118 cm³/mol. The summed E-state index contributed by atoms with van der Waals surface area (Å²) in [5, 5.41) is 9.29. The molecule has 7 nitrogen and oxygen atoms in total. The van der Waals surface area contributed by atoms with Gasteiger partial charge in [-0.2, -0.15) is 0 Å². The van der Waals surface area contributed by atoms with Gasteiger partial charge < -0.3 is 25.4 Å². The Morgan fingerprint density at radius 3 is 2.41 bits per heavy atom. The Labute approximate surface area is 178 Å². The van der Waals surface area contributed by atoms with Crippen LogP contribution in [0.1, 0.15) is 52.5 Å². The summed E-state index contributed by atoms with van der Waals surface area (Å²) in [4.78, 5) is 23.9. The highest BCUT2D eigenvalue weighted by Crippen LogP contribution is 2.05. The van der Waals surface area contributed by atoms with Crippen molar-refractivity contribution in [2.24, 2.45) is 0 Å². The van der Waals surface area contributed by atoms with Gasteiger partial charge in [0, 0.05) is 12.1 Å². The lowest BCUT2D eigenvalue weighted by molar-refractivity contribution is -0.145. The zero-order valence-electron chi connectivity index (χ0n) is 17.7. The highest BCUT2D eigenvalue weighted by Gasteiger charge is 2.22. The molecule has 162 valence electrons. The lowest BCUT2D eigenvalue weighted by Gasteiger charge is -2.26. The number of ether oxygens (including phenoxy) is 2. The number of thiocarbonyl (C=S) groups is 1. The van der Waals surface area contributed by atoms with Gasteiger partial charge in [-0.25, -0.2) is 9.59 Å². The van der Waals surface area contributed by atoms with Crippen LogP contribution in [0.2, 0.25) is 0 Å². The molecule has 1 atom stereocenters. The highest BCUT2D eigenvalue weighted by atomic mass is 32.1. The zero-order chi connectivity index (χ0) is 21.7. The van der Waals surface area contributed by atoms with E-state index in [1.165, 1.54) is 0 Å². The van der Waals surface area contributed by atoms with Crippen molar-refractivity contribution in [3.8, 4) is 0 Å². The first-order chi connectivity index (χ1) is 13.7. The van der Waals surface area contributed by atoms with Crippen LogP contribution in [0.15, 0.2) is 30.3 Å². The number of benzene rings is 1. The lowest BCUT2D eigenvalue weighted by Crippen LogP contribution is -2.51. The van der Waals surface area contributed by atoms with Crippen molar-refractivity contribution >= 4 is 29.4 Å². The Balaban J connectivity index is 2.31. The third-order valence-corrected chi connectivity index (χ3v) is 3.99. The molecule has 0 aromatic heterocycles. The molecule has 0 bridgehead atoms. The van der Waals surface area contributed by atoms with Crippen molar-refractivity contribution in [1.82, 2.24) is 16.0 Å². The van der Waals surface area contributed by atoms with E-state index in [1.54, 1.807) is 6.92 Å². The second-order valence-corrected chi connectivity index (χ2v) is 8.05. The topological polar surface area (TPSA) is 88.7 Å². The number of hydrogen-bond acceptors (Lipinski definition) is 5. The molecule has 1 aromatic carbocycles. The van der Waals surface area contributed by atoms with E-state index in [0.717, 1.165) is 5.56 Å². The van der Waals surface area contributed by atoms with Crippen molar-refractivity contribution in [3.05, 3.63) is 35.9 Å². The number of nitrogens with one attached hydrogen (secondary N) is 3. The van der Waals surface area contributed by atoms with Gasteiger partial charge in [0.2, 0.25) is 0 Å². The molecule has 0 heterocycles. The maximum absolute atomic E-state index is 12.2. The molecule has 1 amide bonds. The fraction of sp³-hybridized carbons (Fsp3) is 0.571. The van der Waals surface area contributed by atoms with E-state index in [0.29, 0.717) is 37.5 Å². The van der Waals surface area contributed by atoms with Crippen molar-refractivity contribution in [2.45, 2.75) is 65.1 Å². The third kappa shape index (κ3) is 11.9. The Morgan fingerprint density at radius 1 is 1.10 bits per heavy atom. The van der Waals surface area contributed by atoms with E-state index in [-0.39, 0.29) is 18.1 Å². The SMILES string of the molecule is CCOC(=O)[C@@H](CCCCNC(=O)OCc1ccccc1)NC(=S)NC(C)(C)C. The molecular formula is C21H33N3O4S. The maximum atomic E-state index is 12.2. The Morgan fingerprint density at radius 2 is 1.79 bits per heavy atom. The van der Waals surface area contributed by atoms with E-state index < -0.39 is 12.1 Å². The fourth-order valence-corrected chi connectivity index (χ4v) is 2.91. The third-order valence-electron chi connectivity index (χ3n) is 3.77. The van der Waals surface area contributed by atoms with Crippen LogP contribution in [0, 0.1) is 0 Å². The number of carbonyl (C=O) groups excluding carboxylic acids is 2. The molecule has 0 saturated heterocycles. The monoisotopic (exact) mass is 423 g/mol. The molecule has 0 aliphatic carbocycles. The predicted octanol–water partition coefficient (Wildman–Crippen LogP) is 3.28. The molecule has 0 unspecified atom stereocenters. The van der Waals surface area contributed by atoms with Gasteiger partial charge in [0.25, 0.3) is 0 Å². The average molecular weight is 424 g/mol. The van der Waals surface area contributed by atoms with Crippen LogP contribution < -0.4 is 16.0 Å². The molecule has 0 fully saturated rings. The number of unbranched alkanes of at least 4 members (excludes halogenated alkanes) is 1. The fourth-order valence-electron chi connectivity index (χ4n) is 2.46. The van der Waals surface area contributed by atoms with Gasteiger partial charge in [-0.05, 0) is 64.7 Å². The number of esters is 1. The first-order valence-electron chi connectivity index (χ1n) is 9.91. The van der Waals surface area contributed by atoms with Crippen molar-refractivity contribution in [3.63, 3.8) is 0 Å². The molecule has 8 heteroatoms. The Kier molecular flexibility index (Phi) is 11.1. The van der Waals surface area contributed by atoms with Crippen LogP contribution in [0.25, 0.3) is 0 Å². The molecular weight excluding hydrogens is 390 g/mol. The summed E-state index contributed by atoms with van der Waals surface area (Å²) in [6, 6.07) is 8.97. The van der Waals surface area contributed by atoms with Crippen LogP contribution in [-0.2, 0) is 20.9 Å². The standard InChI is InChI=1S/C21H33N3O4S/c1-5-27-18(25)17(23-19(29)24-21(2,3)4)13-9-10-14-22-20(26)28-15-16-11-7-6-8-12-16/h6-8,11-12,17H,5,9-10,13-15H2,1-4H3,(H,22,26)(H2,23,24,29)/t17-/m1/s1. The van der Waals surface area contributed by atoms with E-state index in [9.17, 15) is 9.59 Å². The van der Waals surface area contributed by atoms with Gasteiger partial charge in [-0.1, -0.05) is 30.3 Å². The van der Waals surface area contributed by atoms with Crippen LogP contribution in [0.5, 0.6) is 0 Å². The van der Waals surface area contributed by atoms with E-state index in [1.807, 2.05) is 51.1 Å². The average Bonchev–Trinajstić information content (AvgIpc) is 2.64. The molecule has 29 heavy (non-hydrogen) atoms. The van der Waals surface area contributed by atoms with Crippen LogP contribution in [-0.4, -0.2) is 41.9 Å². The first kappa shape index (κ1) is 24.7. The van der Waals surface area contributed by atoms with Gasteiger partial charge in [-0.15, -0.1) is 0 Å². The molecule has 0 spiro atoms. The quantitative estimate of drug-likeness (QED) is 0.302. The Hall–Kier alpha value is -2.35. The molecule has 0 saturated carbocycles. The van der Waals surface area contributed by atoms with Gasteiger partial charge in [0.1, 0.15) is 12.6 Å². The first-order valence-corrected chi connectivity index (χ1v) is 10.3. The number of carbonyl (C=O) groups is 2. The second-order valence-electron chi connectivity index (χ2n) is 7.64. The van der Waals surface area contributed by atoms with Gasteiger partial charge in [-0.3, -0.25) is 0 Å². The number of hydrogen-bond donors (Lipinski definition) is 3. The number of rotatable bonds is 10. The number of amides is 1. The van der Waals surface area contributed by atoms with Gasteiger partial charge in [0.15, 0.2) is 5.11 Å². The zero-order valence-corrected chi connectivity index (χ0v) is 18.6. The molecule has 1 aromatic rings. The van der Waals surface area contributed by atoms with Crippen LogP contribution >= 0.6 is 12.2 Å². The van der Waals surface area contributed by atoms with Gasteiger partial charge in [0.05, 0.1) is 6.61 Å². The smallest absolute Gasteiger partial charge is 0.407 e. The van der Waals surface area contributed by atoms with Crippen molar-refractivity contribution in [2.75, 3.05) is 13.2 Å². The summed E-state index contributed by atoms with van der Waals surface area (Å²) in [6.45, 7) is 8.75. The van der Waals surface area contributed by atoms with E-state index in [2.05, 4.69) is 16.0 Å². The van der Waals surface area contributed by atoms with Crippen LogP contribution in [0.4, 0.5) is 4.79 Å². The summed E-state index contributed by atoms with van der Waals surface area (Å²) in [5.41, 5.74) is 0.735. The summed E-state index contributed by atoms with van der Waals surface area (Å²) in [5.74, 6) is -0.333. The van der Waals surface area contributed by atoms with Crippen LogP contribution in [0.3, 0.4) is 0 Å². The van der Waals surface area contributed by atoms with E-state index in [4.69, 9.17) is 21.7 Å². The largest absolute Gasteiger partial charge is 0.464 e. The minimum absolute atomic E-state index is 0.201.